The summed E-state index contributed by atoms with van der Waals surface area (Å²) in [5.41, 5.74) is 4.93. The van der Waals surface area contributed by atoms with Crippen LogP contribution in [-0.4, -0.2) is 58.9 Å². The molecule has 2 fully saturated rings. The number of nitrogens with zero attached hydrogens (tertiary/aromatic N) is 6. The van der Waals surface area contributed by atoms with Crippen LogP contribution in [0.2, 0.25) is 5.02 Å². The van der Waals surface area contributed by atoms with Crippen LogP contribution in [0.15, 0.2) is 30.6 Å². The van der Waals surface area contributed by atoms with Crippen molar-refractivity contribution in [3.05, 3.63) is 69.5 Å². The molecule has 0 radical (unpaired) electrons. The molecule has 4 aliphatic rings. The van der Waals surface area contributed by atoms with Gasteiger partial charge in [0.25, 0.3) is 5.91 Å². The zero-order valence-corrected chi connectivity index (χ0v) is 25.0. The summed E-state index contributed by atoms with van der Waals surface area (Å²) in [6.07, 6.45) is 10.7. The standard InChI is InChI=1S/C32H35ClN6O4/c1-37-17-34-29(36-37)25-6-3-15-38(25)30(40)21-13-14-23-26(16-21)39(35-28(23)19-9-11-20(12-10-19)32(42)43)31(41)27-22(18-7-8-18)4-2-5-24(27)33/h2,4-5,9,17-18,20-21,25H,3,6-8,10-16H2,1H3,(H,42,43). The Bertz CT molecular complexity index is 1650. The number of hydrogen-bond donors (Lipinski definition) is 1. The number of likely N-dealkylation sites (tertiary alicyclic amines) is 1. The Labute approximate surface area is 254 Å². The fourth-order valence-electron chi connectivity index (χ4n) is 7.17. The van der Waals surface area contributed by atoms with Gasteiger partial charge >= 0.3 is 5.97 Å². The van der Waals surface area contributed by atoms with Gasteiger partial charge in [0.2, 0.25) is 5.91 Å². The van der Waals surface area contributed by atoms with E-state index in [9.17, 15) is 19.5 Å². The van der Waals surface area contributed by atoms with E-state index >= 15 is 0 Å². The Balaban J connectivity index is 1.25. The Morgan fingerprint density at radius 2 is 1.84 bits per heavy atom. The number of aromatic nitrogens is 5. The summed E-state index contributed by atoms with van der Waals surface area (Å²) in [5.74, 6) is -0.691. The molecule has 43 heavy (non-hydrogen) atoms. The molecule has 1 N–H and O–H groups in total. The van der Waals surface area contributed by atoms with Crippen LogP contribution in [0, 0.1) is 11.8 Å². The van der Waals surface area contributed by atoms with Gasteiger partial charge in [-0.3, -0.25) is 19.1 Å². The first-order valence-corrected chi connectivity index (χ1v) is 15.7. The second-order valence-corrected chi connectivity index (χ2v) is 12.8. The third-order valence-corrected chi connectivity index (χ3v) is 9.92. The maximum absolute atomic E-state index is 14.3. The van der Waals surface area contributed by atoms with Gasteiger partial charge in [-0.2, -0.15) is 14.9 Å². The predicted octanol–water partition coefficient (Wildman–Crippen LogP) is 4.97. The van der Waals surface area contributed by atoms with Crippen molar-refractivity contribution in [2.45, 2.75) is 76.2 Å². The van der Waals surface area contributed by atoms with Crippen molar-refractivity contribution in [1.29, 1.82) is 0 Å². The van der Waals surface area contributed by atoms with E-state index in [0.29, 0.717) is 67.4 Å². The molecule has 2 aromatic heterocycles. The van der Waals surface area contributed by atoms with Crippen molar-refractivity contribution in [3.8, 4) is 0 Å². The number of benzene rings is 1. The smallest absolute Gasteiger partial charge is 0.306 e. The van der Waals surface area contributed by atoms with Crippen molar-refractivity contribution in [3.63, 3.8) is 0 Å². The molecule has 0 bridgehead atoms. The lowest BCUT2D eigenvalue weighted by molar-refractivity contribution is -0.142. The Kier molecular flexibility index (Phi) is 7.19. The minimum Gasteiger partial charge on any atom is -0.481 e. The average molecular weight is 603 g/mol. The number of allylic oxidation sites excluding steroid dienone is 2. The molecule has 1 saturated carbocycles. The second-order valence-electron chi connectivity index (χ2n) is 12.4. The SMILES string of the molecule is Cn1cnc(C2CCCN2C(=O)C2CCc3c(C4=CCC(C(=O)O)CC4)nn(C(=O)c4c(Cl)cccc4C4CC4)c3C2)n1. The van der Waals surface area contributed by atoms with E-state index in [1.165, 1.54) is 4.68 Å². The molecule has 7 rings (SSSR count). The molecule has 3 aromatic rings. The van der Waals surface area contributed by atoms with Crippen molar-refractivity contribution in [2.75, 3.05) is 6.54 Å². The lowest BCUT2D eigenvalue weighted by Gasteiger charge is -2.30. The van der Waals surface area contributed by atoms with Crippen LogP contribution in [0.25, 0.3) is 5.57 Å². The summed E-state index contributed by atoms with van der Waals surface area (Å²) in [4.78, 5) is 46.3. The molecule has 11 heteroatoms. The van der Waals surface area contributed by atoms with Crippen molar-refractivity contribution in [2.24, 2.45) is 18.9 Å². The zero-order valence-electron chi connectivity index (χ0n) is 24.2. The summed E-state index contributed by atoms with van der Waals surface area (Å²) in [5, 5.41) is 19.3. The number of halogens is 1. The highest BCUT2D eigenvalue weighted by Crippen LogP contribution is 2.44. The lowest BCUT2D eigenvalue weighted by atomic mass is 9.82. The Morgan fingerprint density at radius 3 is 2.53 bits per heavy atom. The van der Waals surface area contributed by atoms with Gasteiger partial charge < -0.3 is 10.0 Å². The molecular weight excluding hydrogens is 568 g/mol. The van der Waals surface area contributed by atoms with Crippen molar-refractivity contribution in [1.82, 2.24) is 29.4 Å². The highest BCUT2D eigenvalue weighted by Gasteiger charge is 2.40. The van der Waals surface area contributed by atoms with E-state index < -0.39 is 11.9 Å². The molecule has 1 saturated heterocycles. The zero-order chi connectivity index (χ0) is 29.8. The number of aryl methyl sites for hydroxylation is 1. The maximum Gasteiger partial charge on any atom is 0.306 e. The number of carbonyl (C=O) groups is 3. The second kappa shape index (κ2) is 11.0. The third kappa shape index (κ3) is 5.09. The molecule has 1 aromatic carbocycles. The van der Waals surface area contributed by atoms with Crippen LogP contribution in [0.5, 0.6) is 0 Å². The quantitative estimate of drug-likeness (QED) is 0.423. The topological polar surface area (TPSA) is 123 Å². The molecule has 0 spiro atoms. The van der Waals surface area contributed by atoms with Crippen LogP contribution < -0.4 is 0 Å². The number of rotatable bonds is 6. The fourth-order valence-corrected chi connectivity index (χ4v) is 7.43. The van der Waals surface area contributed by atoms with Gasteiger partial charge in [0.05, 0.1) is 33.9 Å². The summed E-state index contributed by atoms with van der Waals surface area (Å²) in [7, 11) is 1.83. The predicted molar refractivity (Wildman–Crippen MR) is 159 cm³/mol. The molecular formula is C32H35ClN6O4. The molecule has 10 nitrogen and oxygen atoms in total. The average Bonchev–Trinajstić information content (AvgIpc) is 3.39. The monoisotopic (exact) mass is 602 g/mol. The van der Waals surface area contributed by atoms with Crippen molar-refractivity contribution >= 4 is 35.0 Å². The number of amides is 1. The van der Waals surface area contributed by atoms with Crippen LogP contribution in [0.4, 0.5) is 0 Å². The van der Waals surface area contributed by atoms with Gasteiger partial charge in [0, 0.05) is 31.5 Å². The van der Waals surface area contributed by atoms with Crippen LogP contribution in [-0.2, 0) is 29.5 Å². The highest BCUT2D eigenvalue weighted by molar-refractivity contribution is 6.34. The van der Waals surface area contributed by atoms with Gasteiger partial charge in [-0.15, -0.1) is 0 Å². The van der Waals surface area contributed by atoms with E-state index in [1.54, 1.807) is 17.1 Å². The van der Waals surface area contributed by atoms with Gasteiger partial charge in [-0.25, -0.2) is 4.98 Å². The number of carboxylic acid groups (broad SMARTS) is 1. The first-order chi connectivity index (χ1) is 20.8. The fraction of sp³-hybridized carbons (Fsp3) is 0.500. The molecule has 224 valence electrons. The van der Waals surface area contributed by atoms with E-state index in [4.69, 9.17) is 16.7 Å². The largest absolute Gasteiger partial charge is 0.481 e. The summed E-state index contributed by atoms with van der Waals surface area (Å²) >= 11 is 6.67. The lowest BCUT2D eigenvalue weighted by Crippen LogP contribution is -2.39. The Morgan fingerprint density at radius 1 is 1.02 bits per heavy atom. The van der Waals surface area contributed by atoms with Crippen molar-refractivity contribution < 1.29 is 19.5 Å². The molecule has 1 aliphatic heterocycles. The normalized spacial score (nSPS) is 23.6. The van der Waals surface area contributed by atoms with Gasteiger partial charge in [-0.1, -0.05) is 29.8 Å². The van der Waals surface area contributed by atoms with Gasteiger partial charge in [0.1, 0.15) is 6.33 Å². The molecule has 1 amide bonds. The van der Waals surface area contributed by atoms with Crippen LogP contribution in [0.3, 0.4) is 0 Å². The maximum atomic E-state index is 14.3. The molecule has 3 aliphatic carbocycles. The summed E-state index contributed by atoms with van der Waals surface area (Å²) < 4.78 is 3.17. The third-order valence-electron chi connectivity index (χ3n) is 9.61. The van der Waals surface area contributed by atoms with E-state index in [1.807, 2.05) is 30.2 Å². The first kappa shape index (κ1) is 28.0. The summed E-state index contributed by atoms with van der Waals surface area (Å²) in [6.45, 7) is 0.663. The van der Waals surface area contributed by atoms with Crippen LogP contribution in [0.1, 0.15) is 102 Å². The van der Waals surface area contributed by atoms with Crippen LogP contribution >= 0.6 is 11.6 Å². The minimum absolute atomic E-state index is 0.0694. The molecule has 3 atom stereocenters. The molecule has 3 unspecified atom stereocenters. The van der Waals surface area contributed by atoms with E-state index in [-0.39, 0.29) is 23.8 Å². The number of carboxylic acids is 1. The number of carbonyl (C=O) groups excluding carboxylic acids is 2. The number of hydrogen-bond acceptors (Lipinski definition) is 6. The minimum atomic E-state index is -0.785. The molecule has 3 heterocycles. The Hall–Kier alpha value is -3.79. The van der Waals surface area contributed by atoms with E-state index in [0.717, 1.165) is 53.8 Å². The summed E-state index contributed by atoms with van der Waals surface area (Å²) in [6, 6.07) is 5.48. The number of aliphatic carboxylic acids is 1. The van der Waals surface area contributed by atoms with E-state index in [2.05, 4.69) is 10.1 Å². The van der Waals surface area contributed by atoms with Gasteiger partial charge in [0.15, 0.2) is 5.82 Å². The highest BCUT2D eigenvalue weighted by atomic mass is 35.5. The van der Waals surface area contributed by atoms with Gasteiger partial charge in [-0.05, 0) is 80.9 Å². The first-order valence-electron chi connectivity index (χ1n) is 15.3. The number of fused-ring (bicyclic) bond motifs is 1.